The molecule has 78 valence electrons. The second-order valence-electron chi connectivity index (χ2n) is 3.22. The quantitative estimate of drug-likeness (QED) is 0.701. The number of aryl methyl sites for hydroxylation is 1. The van der Waals surface area contributed by atoms with Crippen molar-refractivity contribution in [1.29, 1.82) is 0 Å². The molecule has 0 spiro atoms. The Labute approximate surface area is 85.5 Å². The molecule has 1 aromatic heterocycles. The van der Waals surface area contributed by atoms with E-state index in [1.165, 1.54) is 0 Å². The first kappa shape index (κ1) is 11.0. The SMILES string of the molecule is CCCNCCOc1cccc(C)n1. The molecule has 0 aliphatic rings. The number of hydrogen-bond donors (Lipinski definition) is 1. The molecular formula is C11H18N2O. The Morgan fingerprint density at radius 2 is 2.21 bits per heavy atom. The van der Waals surface area contributed by atoms with Crippen LogP contribution in [0, 0.1) is 6.92 Å². The third-order valence-electron chi connectivity index (χ3n) is 1.82. The van der Waals surface area contributed by atoms with Crippen molar-refractivity contribution in [3.63, 3.8) is 0 Å². The van der Waals surface area contributed by atoms with Gasteiger partial charge in [-0.05, 0) is 26.0 Å². The number of aromatic nitrogens is 1. The molecule has 1 aromatic rings. The zero-order valence-electron chi connectivity index (χ0n) is 8.92. The van der Waals surface area contributed by atoms with Gasteiger partial charge in [-0.1, -0.05) is 13.0 Å². The van der Waals surface area contributed by atoms with Gasteiger partial charge in [-0.25, -0.2) is 4.98 Å². The minimum absolute atomic E-state index is 0.677. The number of rotatable bonds is 6. The van der Waals surface area contributed by atoms with E-state index in [0.717, 1.165) is 25.2 Å². The first-order chi connectivity index (χ1) is 6.83. The van der Waals surface area contributed by atoms with E-state index in [2.05, 4.69) is 17.2 Å². The number of ether oxygens (including phenoxy) is 1. The predicted octanol–water partition coefficient (Wildman–Crippen LogP) is 1.77. The van der Waals surface area contributed by atoms with Crippen LogP contribution in [0.25, 0.3) is 0 Å². The van der Waals surface area contributed by atoms with E-state index in [1.807, 2.05) is 25.1 Å². The van der Waals surface area contributed by atoms with Gasteiger partial charge in [-0.3, -0.25) is 0 Å². The molecule has 3 heteroatoms. The summed E-state index contributed by atoms with van der Waals surface area (Å²) in [6.07, 6.45) is 1.16. The minimum Gasteiger partial charge on any atom is -0.476 e. The third kappa shape index (κ3) is 4.23. The van der Waals surface area contributed by atoms with E-state index in [4.69, 9.17) is 4.74 Å². The number of pyridine rings is 1. The summed E-state index contributed by atoms with van der Waals surface area (Å²) in [5.41, 5.74) is 0.990. The minimum atomic E-state index is 0.677. The molecule has 0 saturated carbocycles. The summed E-state index contributed by atoms with van der Waals surface area (Å²) < 4.78 is 5.46. The maximum atomic E-state index is 5.46. The lowest BCUT2D eigenvalue weighted by molar-refractivity contribution is 0.302. The normalized spacial score (nSPS) is 10.1. The maximum absolute atomic E-state index is 5.46. The second kappa shape index (κ2) is 6.38. The van der Waals surface area contributed by atoms with Crippen molar-refractivity contribution in [2.45, 2.75) is 20.3 Å². The highest BCUT2D eigenvalue weighted by Gasteiger charge is 1.94. The fourth-order valence-electron chi connectivity index (χ4n) is 1.13. The number of nitrogens with zero attached hydrogens (tertiary/aromatic N) is 1. The van der Waals surface area contributed by atoms with Crippen molar-refractivity contribution >= 4 is 0 Å². The van der Waals surface area contributed by atoms with Crippen molar-refractivity contribution < 1.29 is 4.74 Å². The maximum Gasteiger partial charge on any atom is 0.213 e. The number of nitrogens with one attached hydrogen (secondary N) is 1. The predicted molar refractivity (Wildman–Crippen MR) is 57.6 cm³/mol. The van der Waals surface area contributed by atoms with Crippen LogP contribution in [0.4, 0.5) is 0 Å². The van der Waals surface area contributed by atoms with Crippen LogP contribution in [0.3, 0.4) is 0 Å². The summed E-state index contributed by atoms with van der Waals surface area (Å²) in [5, 5.41) is 3.27. The summed E-state index contributed by atoms with van der Waals surface area (Å²) in [4.78, 5) is 4.24. The van der Waals surface area contributed by atoms with E-state index in [1.54, 1.807) is 0 Å². The van der Waals surface area contributed by atoms with Crippen molar-refractivity contribution in [1.82, 2.24) is 10.3 Å². The average molecular weight is 194 g/mol. The summed E-state index contributed by atoms with van der Waals surface area (Å²) in [7, 11) is 0. The molecule has 0 radical (unpaired) electrons. The van der Waals surface area contributed by atoms with Crippen molar-refractivity contribution in [3.05, 3.63) is 23.9 Å². The van der Waals surface area contributed by atoms with Crippen LogP contribution >= 0.6 is 0 Å². The summed E-state index contributed by atoms with van der Waals surface area (Å²) >= 11 is 0. The molecule has 0 atom stereocenters. The van der Waals surface area contributed by atoms with Gasteiger partial charge < -0.3 is 10.1 Å². The Morgan fingerprint density at radius 3 is 2.93 bits per heavy atom. The van der Waals surface area contributed by atoms with Gasteiger partial charge in [0.1, 0.15) is 6.61 Å². The van der Waals surface area contributed by atoms with Crippen LogP contribution in [-0.2, 0) is 0 Å². The summed E-state index contributed by atoms with van der Waals surface area (Å²) in [6.45, 7) is 6.71. The standard InChI is InChI=1S/C11H18N2O/c1-3-7-12-8-9-14-11-6-4-5-10(2)13-11/h4-6,12H,3,7-9H2,1-2H3. The topological polar surface area (TPSA) is 34.1 Å². The van der Waals surface area contributed by atoms with Gasteiger partial charge >= 0.3 is 0 Å². The van der Waals surface area contributed by atoms with E-state index < -0.39 is 0 Å². The fourth-order valence-corrected chi connectivity index (χ4v) is 1.13. The summed E-state index contributed by atoms with van der Waals surface area (Å²) in [5.74, 6) is 0.711. The molecule has 0 amide bonds. The van der Waals surface area contributed by atoms with Crippen LogP contribution < -0.4 is 10.1 Å². The number of hydrogen-bond acceptors (Lipinski definition) is 3. The molecule has 14 heavy (non-hydrogen) atoms. The molecular weight excluding hydrogens is 176 g/mol. The third-order valence-corrected chi connectivity index (χ3v) is 1.82. The van der Waals surface area contributed by atoms with E-state index in [0.29, 0.717) is 12.5 Å². The molecule has 1 N–H and O–H groups in total. The first-order valence-corrected chi connectivity index (χ1v) is 5.10. The molecule has 0 bridgehead atoms. The van der Waals surface area contributed by atoms with Crippen LogP contribution in [0.5, 0.6) is 5.88 Å². The van der Waals surface area contributed by atoms with E-state index in [-0.39, 0.29) is 0 Å². The highest BCUT2D eigenvalue weighted by molar-refractivity contribution is 5.14. The molecule has 0 fully saturated rings. The largest absolute Gasteiger partial charge is 0.476 e. The Kier molecular flexibility index (Phi) is 5.00. The van der Waals surface area contributed by atoms with Gasteiger partial charge in [0.25, 0.3) is 0 Å². The van der Waals surface area contributed by atoms with Crippen LogP contribution in [0.15, 0.2) is 18.2 Å². The highest BCUT2D eigenvalue weighted by Crippen LogP contribution is 2.05. The lowest BCUT2D eigenvalue weighted by Crippen LogP contribution is -2.21. The van der Waals surface area contributed by atoms with Crippen LogP contribution in [-0.4, -0.2) is 24.7 Å². The average Bonchev–Trinajstić information content (AvgIpc) is 2.18. The second-order valence-corrected chi connectivity index (χ2v) is 3.22. The first-order valence-electron chi connectivity index (χ1n) is 5.10. The molecule has 3 nitrogen and oxygen atoms in total. The van der Waals surface area contributed by atoms with Gasteiger partial charge in [0.05, 0.1) is 0 Å². The highest BCUT2D eigenvalue weighted by atomic mass is 16.5. The van der Waals surface area contributed by atoms with Crippen molar-refractivity contribution in [3.8, 4) is 5.88 Å². The van der Waals surface area contributed by atoms with E-state index in [9.17, 15) is 0 Å². The lowest BCUT2D eigenvalue weighted by atomic mass is 10.4. The van der Waals surface area contributed by atoms with Crippen LogP contribution in [0.2, 0.25) is 0 Å². The Balaban J connectivity index is 2.18. The van der Waals surface area contributed by atoms with Gasteiger partial charge in [-0.15, -0.1) is 0 Å². The zero-order valence-corrected chi connectivity index (χ0v) is 8.92. The Bertz CT molecular complexity index is 263. The van der Waals surface area contributed by atoms with Gasteiger partial charge in [0.2, 0.25) is 5.88 Å². The Hall–Kier alpha value is -1.09. The van der Waals surface area contributed by atoms with Gasteiger partial charge in [0, 0.05) is 18.3 Å². The molecule has 0 aliphatic carbocycles. The molecule has 0 unspecified atom stereocenters. The molecule has 1 heterocycles. The molecule has 0 aromatic carbocycles. The monoisotopic (exact) mass is 194 g/mol. The smallest absolute Gasteiger partial charge is 0.213 e. The lowest BCUT2D eigenvalue weighted by Gasteiger charge is -2.06. The van der Waals surface area contributed by atoms with Crippen LogP contribution in [0.1, 0.15) is 19.0 Å². The molecule has 0 saturated heterocycles. The van der Waals surface area contributed by atoms with Crippen molar-refractivity contribution in [2.75, 3.05) is 19.7 Å². The molecule has 1 rings (SSSR count). The summed E-state index contributed by atoms with van der Waals surface area (Å²) in [6, 6.07) is 5.80. The Morgan fingerprint density at radius 1 is 1.36 bits per heavy atom. The van der Waals surface area contributed by atoms with Gasteiger partial charge in [-0.2, -0.15) is 0 Å². The van der Waals surface area contributed by atoms with Gasteiger partial charge in [0.15, 0.2) is 0 Å². The van der Waals surface area contributed by atoms with Crippen molar-refractivity contribution in [2.24, 2.45) is 0 Å². The van der Waals surface area contributed by atoms with E-state index >= 15 is 0 Å². The zero-order chi connectivity index (χ0) is 10.2. The molecule has 0 aliphatic heterocycles. The fraction of sp³-hybridized carbons (Fsp3) is 0.545.